The highest BCUT2D eigenvalue weighted by Crippen LogP contribution is 2.21. The van der Waals surface area contributed by atoms with Crippen LogP contribution in [-0.4, -0.2) is 33.0 Å². The van der Waals surface area contributed by atoms with Crippen molar-refractivity contribution in [1.29, 1.82) is 0 Å². The summed E-state index contributed by atoms with van der Waals surface area (Å²) in [7, 11) is 1.65. The lowest BCUT2D eigenvalue weighted by molar-refractivity contribution is 0.0770. The predicted molar refractivity (Wildman–Crippen MR) is 99.2 cm³/mol. The van der Waals surface area contributed by atoms with E-state index in [1.807, 2.05) is 12.1 Å². The molecule has 0 unspecified atom stereocenters. The summed E-state index contributed by atoms with van der Waals surface area (Å²) in [6.45, 7) is 0.230. The number of aromatic nitrogens is 3. The van der Waals surface area contributed by atoms with Gasteiger partial charge in [0, 0.05) is 36.8 Å². The number of hydrogen-bond acceptors (Lipinski definition) is 5. The first kappa shape index (κ1) is 17.2. The Balaban J connectivity index is 1.52. The molecule has 3 heterocycles. The number of rotatable bonds is 4. The van der Waals surface area contributed by atoms with E-state index in [0.717, 1.165) is 42.5 Å². The van der Waals surface area contributed by atoms with Gasteiger partial charge in [-0.3, -0.25) is 14.6 Å². The van der Waals surface area contributed by atoms with Crippen LogP contribution in [0.3, 0.4) is 0 Å². The van der Waals surface area contributed by atoms with Crippen molar-refractivity contribution < 1.29 is 9.32 Å². The van der Waals surface area contributed by atoms with Gasteiger partial charge in [-0.1, -0.05) is 5.16 Å². The van der Waals surface area contributed by atoms with Gasteiger partial charge < -0.3 is 14.4 Å². The summed E-state index contributed by atoms with van der Waals surface area (Å²) in [6.07, 6.45) is 7.28. The highest BCUT2D eigenvalue weighted by Gasteiger charge is 2.21. The molecule has 1 N–H and O–H groups in total. The molecule has 0 radical (unpaired) electrons. The number of H-pyrrole nitrogens is 1. The maximum atomic E-state index is 12.8. The fourth-order valence-corrected chi connectivity index (χ4v) is 3.39. The van der Waals surface area contributed by atoms with Crippen molar-refractivity contribution in [1.82, 2.24) is 20.0 Å². The third-order valence-electron chi connectivity index (χ3n) is 4.84. The molecule has 7 nitrogen and oxygen atoms in total. The van der Waals surface area contributed by atoms with E-state index in [1.165, 1.54) is 4.90 Å². The standard InChI is InChI=1S/C20H20N4O3/c1-24(12-15-11-18(23-27-15)13-6-8-21-9-7-13)20(26)16-10-14-4-2-3-5-17(14)22-19(16)25/h6-11H,2-5,12H2,1H3,(H,22,25). The smallest absolute Gasteiger partial charge is 0.261 e. The zero-order valence-electron chi connectivity index (χ0n) is 15.1. The first-order valence-electron chi connectivity index (χ1n) is 8.98. The number of nitrogens with zero attached hydrogens (tertiary/aromatic N) is 3. The first-order valence-corrected chi connectivity index (χ1v) is 8.98. The molecular formula is C20H20N4O3. The number of aromatic amines is 1. The fourth-order valence-electron chi connectivity index (χ4n) is 3.39. The van der Waals surface area contributed by atoms with Gasteiger partial charge in [-0.05, 0) is 49.4 Å². The Morgan fingerprint density at radius 2 is 2.00 bits per heavy atom. The number of carbonyl (C=O) groups excluding carboxylic acids is 1. The third kappa shape index (κ3) is 3.53. The Morgan fingerprint density at radius 3 is 2.81 bits per heavy atom. The van der Waals surface area contributed by atoms with E-state index in [-0.39, 0.29) is 23.6 Å². The second-order valence-corrected chi connectivity index (χ2v) is 6.80. The Morgan fingerprint density at radius 1 is 1.22 bits per heavy atom. The zero-order chi connectivity index (χ0) is 18.8. The van der Waals surface area contributed by atoms with Crippen molar-refractivity contribution >= 4 is 5.91 Å². The van der Waals surface area contributed by atoms with Crippen molar-refractivity contribution in [3.05, 3.63) is 69.6 Å². The second-order valence-electron chi connectivity index (χ2n) is 6.80. The molecule has 1 aliphatic rings. The molecule has 1 amide bonds. The minimum atomic E-state index is -0.331. The molecule has 7 heteroatoms. The molecule has 1 aliphatic carbocycles. The van der Waals surface area contributed by atoms with Crippen LogP contribution in [0.25, 0.3) is 11.3 Å². The summed E-state index contributed by atoms with van der Waals surface area (Å²) in [5.74, 6) is 0.221. The van der Waals surface area contributed by atoms with Gasteiger partial charge in [-0.15, -0.1) is 0 Å². The molecule has 27 heavy (non-hydrogen) atoms. The number of carbonyl (C=O) groups is 1. The monoisotopic (exact) mass is 364 g/mol. The SMILES string of the molecule is CN(Cc1cc(-c2ccncc2)no1)C(=O)c1cc2c([nH]c1=O)CCCC2. The van der Waals surface area contributed by atoms with Crippen LogP contribution in [0.1, 0.15) is 40.2 Å². The van der Waals surface area contributed by atoms with Crippen molar-refractivity contribution in [2.24, 2.45) is 0 Å². The fraction of sp³-hybridized carbons (Fsp3) is 0.300. The highest BCUT2D eigenvalue weighted by molar-refractivity contribution is 5.93. The largest absolute Gasteiger partial charge is 0.359 e. The van der Waals surface area contributed by atoms with Crippen LogP contribution in [0.5, 0.6) is 0 Å². The van der Waals surface area contributed by atoms with E-state index in [2.05, 4.69) is 15.1 Å². The zero-order valence-corrected chi connectivity index (χ0v) is 15.1. The molecule has 0 aliphatic heterocycles. The van der Waals surface area contributed by atoms with Crippen molar-refractivity contribution in [3.8, 4) is 11.3 Å². The maximum Gasteiger partial charge on any atom is 0.261 e. The quantitative estimate of drug-likeness (QED) is 0.768. The second kappa shape index (κ2) is 7.19. The van der Waals surface area contributed by atoms with Crippen LogP contribution in [0.2, 0.25) is 0 Å². The van der Waals surface area contributed by atoms with E-state index in [4.69, 9.17) is 4.52 Å². The molecule has 0 atom stereocenters. The van der Waals surface area contributed by atoms with Crippen molar-refractivity contribution in [3.63, 3.8) is 0 Å². The highest BCUT2D eigenvalue weighted by atomic mass is 16.5. The van der Waals surface area contributed by atoms with Crippen LogP contribution < -0.4 is 5.56 Å². The van der Waals surface area contributed by atoms with E-state index < -0.39 is 0 Å². The van der Waals surface area contributed by atoms with E-state index in [1.54, 1.807) is 31.6 Å². The van der Waals surface area contributed by atoms with Crippen LogP contribution in [0.15, 0.2) is 46.0 Å². The van der Waals surface area contributed by atoms with E-state index in [0.29, 0.717) is 11.5 Å². The number of amides is 1. The summed E-state index contributed by atoms with van der Waals surface area (Å²) in [5, 5.41) is 4.04. The molecular weight excluding hydrogens is 344 g/mol. The van der Waals surface area contributed by atoms with Gasteiger partial charge in [0.2, 0.25) is 0 Å². The lowest BCUT2D eigenvalue weighted by Crippen LogP contribution is -2.32. The van der Waals surface area contributed by atoms with Crippen LogP contribution >= 0.6 is 0 Å². The molecule has 138 valence electrons. The van der Waals surface area contributed by atoms with Gasteiger partial charge in [-0.2, -0.15) is 0 Å². The summed E-state index contributed by atoms with van der Waals surface area (Å²) < 4.78 is 5.35. The van der Waals surface area contributed by atoms with Crippen molar-refractivity contribution in [2.75, 3.05) is 7.05 Å². The number of hydrogen-bond donors (Lipinski definition) is 1. The Bertz CT molecular complexity index is 1020. The first-order chi connectivity index (χ1) is 13.1. The van der Waals surface area contributed by atoms with Gasteiger partial charge >= 0.3 is 0 Å². The maximum absolute atomic E-state index is 12.8. The molecule has 3 aromatic rings. The third-order valence-corrected chi connectivity index (χ3v) is 4.84. The average Bonchev–Trinajstić information content (AvgIpc) is 3.16. The predicted octanol–water partition coefficient (Wildman–Crippen LogP) is 2.58. The van der Waals surface area contributed by atoms with Crippen molar-refractivity contribution in [2.45, 2.75) is 32.2 Å². The lowest BCUT2D eigenvalue weighted by Gasteiger charge is -2.18. The molecule has 0 saturated carbocycles. The normalized spacial score (nSPS) is 13.2. The van der Waals surface area contributed by atoms with Gasteiger partial charge in [0.05, 0.1) is 6.54 Å². The summed E-state index contributed by atoms with van der Waals surface area (Å²) in [4.78, 5) is 33.4. The van der Waals surface area contributed by atoms with Gasteiger partial charge in [0.1, 0.15) is 11.3 Å². The molecule has 0 bridgehead atoms. The van der Waals surface area contributed by atoms with Gasteiger partial charge in [0.25, 0.3) is 11.5 Å². The summed E-state index contributed by atoms with van der Waals surface area (Å²) in [6, 6.07) is 7.21. The van der Waals surface area contributed by atoms with E-state index in [9.17, 15) is 9.59 Å². The summed E-state index contributed by atoms with van der Waals surface area (Å²) in [5.41, 5.74) is 3.44. The topological polar surface area (TPSA) is 92.1 Å². The lowest BCUT2D eigenvalue weighted by atomic mass is 9.95. The minimum absolute atomic E-state index is 0.173. The van der Waals surface area contributed by atoms with E-state index >= 15 is 0 Å². The number of pyridine rings is 2. The number of fused-ring (bicyclic) bond motifs is 1. The molecule has 0 aromatic carbocycles. The molecule has 0 saturated heterocycles. The minimum Gasteiger partial charge on any atom is -0.359 e. The Hall–Kier alpha value is -3.22. The number of aryl methyl sites for hydroxylation is 2. The van der Waals surface area contributed by atoms with Gasteiger partial charge in [-0.25, -0.2) is 0 Å². The van der Waals surface area contributed by atoms with Crippen LogP contribution in [0.4, 0.5) is 0 Å². The van der Waals surface area contributed by atoms with Gasteiger partial charge in [0.15, 0.2) is 5.76 Å². The van der Waals surface area contributed by atoms with Crippen LogP contribution in [0, 0.1) is 0 Å². The molecule has 4 rings (SSSR count). The number of nitrogens with one attached hydrogen (secondary N) is 1. The Labute approximate surface area is 156 Å². The molecule has 3 aromatic heterocycles. The summed E-state index contributed by atoms with van der Waals surface area (Å²) >= 11 is 0. The molecule has 0 spiro atoms. The average molecular weight is 364 g/mol. The van der Waals surface area contributed by atoms with Crippen LogP contribution in [-0.2, 0) is 19.4 Å². The molecule has 0 fully saturated rings. The Kier molecular flexibility index (Phi) is 4.58.